The van der Waals surface area contributed by atoms with Crippen LogP contribution in [0.1, 0.15) is 28.1 Å². The summed E-state index contributed by atoms with van der Waals surface area (Å²) in [5.74, 6) is -1.09. The Morgan fingerprint density at radius 2 is 1.65 bits per heavy atom. The van der Waals surface area contributed by atoms with E-state index in [0.29, 0.717) is 5.69 Å². The summed E-state index contributed by atoms with van der Waals surface area (Å²) in [5, 5.41) is 11.1. The van der Waals surface area contributed by atoms with Crippen LogP contribution in [0.15, 0.2) is 18.2 Å². The van der Waals surface area contributed by atoms with Gasteiger partial charge in [0.1, 0.15) is 0 Å². The molecule has 0 atom stereocenters. The highest BCUT2D eigenvalue weighted by atomic mass is 19.4. The normalized spacial score (nSPS) is 14.0. The third-order valence-corrected chi connectivity index (χ3v) is 4.36. The van der Waals surface area contributed by atoms with Gasteiger partial charge in [0.15, 0.2) is 5.65 Å². The predicted octanol–water partition coefficient (Wildman–Crippen LogP) is 3.53. The fraction of sp³-hybridized carbons (Fsp3) is 0.312. The Kier molecular flexibility index (Phi) is 2.79. The third kappa shape index (κ3) is 2.10. The summed E-state index contributed by atoms with van der Waals surface area (Å²) in [7, 11) is 0. The van der Waals surface area contributed by atoms with Crippen molar-refractivity contribution in [2.24, 2.45) is 0 Å². The molecule has 0 bridgehead atoms. The fourth-order valence-electron chi connectivity index (χ4n) is 3.04. The number of fused-ring (bicyclic) bond motifs is 4. The van der Waals surface area contributed by atoms with E-state index in [-0.39, 0.29) is 5.65 Å². The van der Waals surface area contributed by atoms with Gasteiger partial charge in [-0.2, -0.15) is 22.8 Å². The quantitative estimate of drug-likeness (QED) is 0.637. The van der Waals surface area contributed by atoms with Crippen LogP contribution in [-0.4, -0.2) is 19.8 Å². The van der Waals surface area contributed by atoms with Gasteiger partial charge in [-0.15, -0.1) is 10.2 Å². The topological polar surface area (TPSA) is 43.1 Å². The van der Waals surface area contributed by atoms with Crippen LogP contribution in [0, 0.1) is 13.8 Å². The monoisotopic (exact) mass is 318 g/mol. The lowest BCUT2D eigenvalue weighted by Crippen LogP contribution is -2.15. The molecule has 0 amide bonds. The first-order valence-electron chi connectivity index (χ1n) is 7.27. The number of alkyl halides is 3. The van der Waals surface area contributed by atoms with E-state index in [4.69, 9.17) is 0 Å². The smallest absolute Gasteiger partial charge is 0.188 e. The second-order valence-corrected chi connectivity index (χ2v) is 5.90. The predicted molar refractivity (Wildman–Crippen MR) is 78.1 cm³/mol. The first-order valence-corrected chi connectivity index (χ1v) is 7.27. The summed E-state index contributed by atoms with van der Waals surface area (Å²) in [4.78, 5) is 0. The van der Waals surface area contributed by atoms with Gasteiger partial charge in [0.25, 0.3) is 5.82 Å². The molecule has 1 aliphatic carbocycles. The van der Waals surface area contributed by atoms with Crippen molar-refractivity contribution in [3.05, 3.63) is 46.3 Å². The molecule has 2 heterocycles. The number of aromatic nitrogens is 4. The molecule has 4 rings (SSSR count). The molecular weight excluding hydrogens is 305 g/mol. The van der Waals surface area contributed by atoms with Crippen LogP contribution >= 0.6 is 0 Å². The number of aryl methyl sites for hydroxylation is 4. The number of benzene rings is 1. The summed E-state index contributed by atoms with van der Waals surface area (Å²) in [6, 6.07) is 5.75. The minimum absolute atomic E-state index is 0.128. The average Bonchev–Trinajstić information content (AvgIpc) is 2.89. The molecule has 4 nitrogen and oxygen atoms in total. The van der Waals surface area contributed by atoms with Crippen LogP contribution < -0.4 is 0 Å². The van der Waals surface area contributed by atoms with Crippen molar-refractivity contribution in [1.29, 1.82) is 0 Å². The van der Waals surface area contributed by atoms with Gasteiger partial charge in [0, 0.05) is 5.56 Å². The van der Waals surface area contributed by atoms with Gasteiger partial charge in [-0.1, -0.05) is 6.07 Å². The minimum atomic E-state index is -4.58. The maximum Gasteiger partial charge on any atom is 0.453 e. The molecule has 0 aliphatic heterocycles. The summed E-state index contributed by atoms with van der Waals surface area (Å²) >= 11 is 0. The van der Waals surface area contributed by atoms with Crippen molar-refractivity contribution in [2.45, 2.75) is 32.9 Å². The highest BCUT2D eigenvalue weighted by molar-refractivity contribution is 5.72. The van der Waals surface area contributed by atoms with Crippen LogP contribution in [0.3, 0.4) is 0 Å². The van der Waals surface area contributed by atoms with E-state index < -0.39 is 12.0 Å². The van der Waals surface area contributed by atoms with Crippen molar-refractivity contribution in [1.82, 2.24) is 19.8 Å². The lowest BCUT2D eigenvalue weighted by atomic mass is 9.87. The van der Waals surface area contributed by atoms with Gasteiger partial charge in [0.05, 0.1) is 5.69 Å². The molecular formula is C16H13F3N4. The SMILES string of the molecule is Cc1cc2c(cc1C)-c1nn3c(C(F)(F)F)nnc3cc1CC2. The van der Waals surface area contributed by atoms with Crippen LogP contribution in [0.4, 0.5) is 13.2 Å². The zero-order valence-corrected chi connectivity index (χ0v) is 12.6. The molecule has 3 aromatic rings. The molecule has 0 radical (unpaired) electrons. The molecule has 23 heavy (non-hydrogen) atoms. The number of nitrogens with zero attached hydrogens (tertiary/aromatic N) is 4. The molecule has 0 N–H and O–H groups in total. The Morgan fingerprint density at radius 1 is 0.957 bits per heavy atom. The van der Waals surface area contributed by atoms with E-state index in [9.17, 15) is 13.2 Å². The van der Waals surface area contributed by atoms with Crippen LogP contribution in [0.5, 0.6) is 0 Å². The van der Waals surface area contributed by atoms with Crippen LogP contribution in [0.25, 0.3) is 16.9 Å². The number of halogens is 3. The maximum absolute atomic E-state index is 13.0. The van der Waals surface area contributed by atoms with Gasteiger partial charge in [-0.05, 0) is 61.1 Å². The summed E-state index contributed by atoms with van der Waals surface area (Å²) in [6.45, 7) is 4.02. The number of rotatable bonds is 0. The highest BCUT2D eigenvalue weighted by Gasteiger charge is 2.38. The average molecular weight is 318 g/mol. The van der Waals surface area contributed by atoms with E-state index in [2.05, 4.69) is 21.4 Å². The second kappa shape index (κ2) is 4.53. The molecule has 1 aliphatic rings. The zero-order valence-electron chi connectivity index (χ0n) is 12.6. The van der Waals surface area contributed by atoms with Crippen molar-refractivity contribution >= 4 is 5.65 Å². The second-order valence-electron chi connectivity index (χ2n) is 5.90. The first-order chi connectivity index (χ1) is 10.8. The van der Waals surface area contributed by atoms with Crippen molar-refractivity contribution in [3.63, 3.8) is 0 Å². The number of hydrogen-bond acceptors (Lipinski definition) is 3. The first kappa shape index (κ1) is 14.2. The maximum atomic E-state index is 13.0. The Balaban J connectivity index is 2.01. The van der Waals surface area contributed by atoms with E-state index in [1.165, 1.54) is 5.56 Å². The lowest BCUT2D eigenvalue weighted by Gasteiger charge is -2.20. The van der Waals surface area contributed by atoms with E-state index in [0.717, 1.165) is 39.6 Å². The number of hydrogen-bond donors (Lipinski definition) is 0. The molecule has 2 aromatic heterocycles. The third-order valence-electron chi connectivity index (χ3n) is 4.36. The summed E-state index contributed by atoms with van der Waals surface area (Å²) in [6.07, 6.45) is -2.99. The molecule has 0 saturated carbocycles. The Morgan fingerprint density at radius 3 is 2.39 bits per heavy atom. The van der Waals surface area contributed by atoms with Crippen LogP contribution in [-0.2, 0) is 19.0 Å². The Bertz CT molecular complexity index is 941. The van der Waals surface area contributed by atoms with Gasteiger partial charge in [-0.25, -0.2) is 0 Å². The van der Waals surface area contributed by atoms with Gasteiger partial charge in [-0.3, -0.25) is 0 Å². The largest absolute Gasteiger partial charge is 0.453 e. The Labute approximate surface area is 130 Å². The van der Waals surface area contributed by atoms with Gasteiger partial charge in [0.2, 0.25) is 0 Å². The van der Waals surface area contributed by atoms with Gasteiger partial charge >= 0.3 is 6.18 Å². The molecule has 0 fully saturated rings. The van der Waals surface area contributed by atoms with Crippen molar-refractivity contribution in [2.75, 3.05) is 0 Å². The van der Waals surface area contributed by atoms with E-state index >= 15 is 0 Å². The van der Waals surface area contributed by atoms with Gasteiger partial charge < -0.3 is 0 Å². The lowest BCUT2D eigenvalue weighted by molar-refractivity contribution is -0.146. The van der Waals surface area contributed by atoms with Crippen molar-refractivity contribution in [3.8, 4) is 11.3 Å². The van der Waals surface area contributed by atoms with E-state index in [1.807, 2.05) is 19.9 Å². The Hall–Kier alpha value is -2.44. The molecule has 7 heteroatoms. The minimum Gasteiger partial charge on any atom is -0.188 e. The molecule has 0 spiro atoms. The molecule has 0 saturated heterocycles. The highest BCUT2D eigenvalue weighted by Crippen LogP contribution is 2.35. The summed E-state index contributed by atoms with van der Waals surface area (Å²) in [5.41, 5.74) is 5.92. The van der Waals surface area contributed by atoms with E-state index in [1.54, 1.807) is 6.07 Å². The van der Waals surface area contributed by atoms with Crippen molar-refractivity contribution < 1.29 is 13.2 Å². The molecule has 1 aromatic carbocycles. The summed E-state index contributed by atoms with van der Waals surface area (Å²) < 4.78 is 39.9. The molecule has 0 unspecified atom stereocenters. The molecule has 118 valence electrons. The van der Waals surface area contributed by atoms with Crippen LogP contribution in [0.2, 0.25) is 0 Å². The fourth-order valence-corrected chi connectivity index (χ4v) is 3.04. The zero-order chi connectivity index (χ0) is 16.4. The standard InChI is InChI=1S/C16H13F3N4/c1-8-5-10-3-4-11-7-13-20-21-15(16(17,18)19)23(13)22-14(11)12(10)6-9(8)2/h5-7H,3-4H2,1-2H3.